The summed E-state index contributed by atoms with van der Waals surface area (Å²) in [5.74, 6) is 1.72. The fourth-order valence-corrected chi connectivity index (χ4v) is 4.74. The van der Waals surface area contributed by atoms with Gasteiger partial charge in [0.1, 0.15) is 5.75 Å². The van der Waals surface area contributed by atoms with Crippen molar-refractivity contribution in [1.82, 2.24) is 24.6 Å². The van der Waals surface area contributed by atoms with Crippen LogP contribution in [0, 0.1) is 0 Å². The minimum atomic E-state index is -0.220. The third-order valence-corrected chi connectivity index (χ3v) is 6.87. The molecule has 0 unspecified atom stereocenters. The van der Waals surface area contributed by atoms with E-state index in [0.717, 1.165) is 55.0 Å². The zero-order chi connectivity index (χ0) is 22.5. The molecule has 2 heterocycles. The number of methoxy groups -OCH3 is 1. The number of nitrogens with zero attached hydrogens (tertiary/aromatic N) is 5. The van der Waals surface area contributed by atoms with Gasteiger partial charge in [-0.1, -0.05) is 42.1 Å². The Morgan fingerprint density at radius 3 is 2.38 bits per heavy atom. The van der Waals surface area contributed by atoms with Crippen LogP contribution in [0.25, 0.3) is 11.4 Å². The molecule has 0 aliphatic carbocycles. The van der Waals surface area contributed by atoms with Crippen LogP contribution < -0.4 is 4.74 Å². The lowest BCUT2D eigenvalue weighted by Gasteiger charge is -2.35. The van der Waals surface area contributed by atoms with E-state index in [9.17, 15) is 4.79 Å². The van der Waals surface area contributed by atoms with Gasteiger partial charge in [-0.2, -0.15) is 0 Å². The molecule has 32 heavy (non-hydrogen) atoms. The highest BCUT2D eigenvalue weighted by molar-refractivity contribution is 8.00. The van der Waals surface area contributed by atoms with Gasteiger partial charge in [0.05, 0.1) is 12.4 Å². The SMILES string of the molecule is COc1ccc(-c2nnc(S[C@H](C)C(=O)N3CCN(Cc4ccccc4)CC3)n2C)cc1. The second-order valence-electron chi connectivity index (χ2n) is 7.94. The van der Waals surface area contributed by atoms with Crippen molar-refractivity contribution in [2.45, 2.75) is 23.9 Å². The van der Waals surface area contributed by atoms with Gasteiger partial charge >= 0.3 is 0 Å². The van der Waals surface area contributed by atoms with E-state index in [-0.39, 0.29) is 11.2 Å². The first kappa shape index (κ1) is 22.4. The zero-order valence-corrected chi connectivity index (χ0v) is 19.6. The monoisotopic (exact) mass is 451 g/mol. The average molecular weight is 452 g/mol. The number of rotatable bonds is 7. The molecule has 0 radical (unpaired) electrons. The number of carbonyl (C=O) groups excluding carboxylic acids is 1. The summed E-state index contributed by atoms with van der Waals surface area (Å²) < 4.78 is 7.16. The second kappa shape index (κ2) is 10.2. The van der Waals surface area contributed by atoms with Crippen molar-refractivity contribution < 1.29 is 9.53 Å². The molecule has 3 aromatic rings. The van der Waals surface area contributed by atoms with Crippen molar-refractivity contribution in [2.75, 3.05) is 33.3 Å². The molecule has 1 fully saturated rings. The fraction of sp³-hybridized carbons (Fsp3) is 0.375. The van der Waals surface area contributed by atoms with E-state index < -0.39 is 0 Å². The molecule has 1 amide bonds. The molecule has 1 aromatic heterocycles. The highest BCUT2D eigenvalue weighted by atomic mass is 32.2. The van der Waals surface area contributed by atoms with Crippen molar-refractivity contribution in [3.8, 4) is 17.1 Å². The van der Waals surface area contributed by atoms with Crippen LogP contribution in [0.3, 0.4) is 0 Å². The van der Waals surface area contributed by atoms with E-state index >= 15 is 0 Å². The van der Waals surface area contributed by atoms with Crippen molar-refractivity contribution >= 4 is 17.7 Å². The number of aromatic nitrogens is 3. The maximum atomic E-state index is 13.0. The molecule has 1 saturated heterocycles. The molecule has 1 aliphatic rings. The van der Waals surface area contributed by atoms with Crippen LogP contribution in [0.4, 0.5) is 0 Å². The molecule has 1 aliphatic heterocycles. The van der Waals surface area contributed by atoms with Crippen LogP contribution >= 0.6 is 11.8 Å². The van der Waals surface area contributed by atoms with E-state index in [4.69, 9.17) is 4.74 Å². The largest absolute Gasteiger partial charge is 0.497 e. The minimum Gasteiger partial charge on any atom is -0.497 e. The normalized spacial score (nSPS) is 15.5. The number of benzene rings is 2. The molecule has 0 spiro atoms. The number of thioether (sulfide) groups is 1. The van der Waals surface area contributed by atoms with Crippen molar-refractivity contribution in [3.63, 3.8) is 0 Å². The molecule has 2 aromatic carbocycles. The molecule has 4 rings (SSSR count). The summed E-state index contributed by atoms with van der Waals surface area (Å²) in [6, 6.07) is 18.2. The lowest BCUT2D eigenvalue weighted by Crippen LogP contribution is -2.50. The quantitative estimate of drug-likeness (QED) is 0.514. The molecular formula is C24H29N5O2S. The summed E-state index contributed by atoms with van der Waals surface area (Å²) in [7, 11) is 3.58. The zero-order valence-electron chi connectivity index (χ0n) is 18.8. The number of ether oxygens (including phenoxy) is 1. The van der Waals surface area contributed by atoms with Gasteiger partial charge < -0.3 is 14.2 Å². The van der Waals surface area contributed by atoms with Gasteiger partial charge in [-0.05, 0) is 36.8 Å². The van der Waals surface area contributed by atoms with Crippen LogP contribution in [-0.4, -0.2) is 69.0 Å². The predicted molar refractivity (Wildman–Crippen MR) is 127 cm³/mol. The maximum Gasteiger partial charge on any atom is 0.235 e. The Balaban J connectivity index is 1.32. The number of hydrogen-bond donors (Lipinski definition) is 0. The van der Waals surface area contributed by atoms with Gasteiger partial charge in [0.25, 0.3) is 0 Å². The summed E-state index contributed by atoms with van der Waals surface area (Å²) in [5, 5.41) is 9.18. The predicted octanol–water partition coefficient (Wildman–Crippen LogP) is 3.32. The summed E-state index contributed by atoms with van der Waals surface area (Å²) in [6.07, 6.45) is 0. The molecule has 0 N–H and O–H groups in total. The van der Waals surface area contributed by atoms with E-state index in [2.05, 4.69) is 39.4 Å². The van der Waals surface area contributed by atoms with Crippen LogP contribution in [-0.2, 0) is 18.4 Å². The van der Waals surface area contributed by atoms with Crippen molar-refractivity contribution in [2.24, 2.45) is 7.05 Å². The summed E-state index contributed by atoms with van der Waals surface area (Å²) in [5.41, 5.74) is 2.27. The van der Waals surface area contributed by atoms with E-state index in [0.29, 0.717) is 0 Å². The Morgan fingerprint density at radius 1 is 1.03 bits per heavy atom. The average Bonchev–Trinajstić information content (AvgIpc) is 3.19. The number of carbonyl (C=O) groups is 1. The molecule has 8 heteroatoms. The lowest BCUT2D eigenvalue weighted by atomic mass is 10.2. The van der Waals surface area contributed by atoms with Gasteiger partial charge in [0.15, 0.2) is 11.0 Å². The molecule has 1 atom stereocenters. The van der Waals surface area contributed by atoms with E-state index in [1.807, 2.05) is 53.8 Å². The second-order valence-corrected chi connectivity index (χ2v) is 9.25. The minimum absolute atomic E-state index is 0.156. The number of piperazine rings is 1. The highest BCUT2D eigenvalue weighted by Crippen LogP contribution is 2.27. The van der Waals surface area contributed by atoms with Crippen LogP contribution in [0.5, 0.6) is 5.75 Å². The summed E-state index contributed by atoms with van der Waals surface area (Å²) in [4.78, 5) is 17.4. The third kappa shape index (κ3) is 5.14. The van der Waals surface area contributed by atoms with Gasteiger partial charge in [0, 0.05) is 45.3 Å². The van der Waals surface area contributed by atoms with Crippen LogP contribution in [0.15, 0.2) is 59.8 Å². The molecule has 0 saturated carbocycles. The lowest BCUT2D eigenvalue weighted by molar-refractivity contribution is -0.132. The number of amides is 1. The van der Waals surface area contributed by atoms with Crippen LogP contribution in [0.2, 0.25) is 0 Å². The Morgan fingerprint density at radius 2 is 1.72 bits per heavy atom. The standard InChI is InChI=1S/C24H29N5O2S/c1-18(23(30)29-15-13-28(14-16-29)17-19-7-5-4-6-8-19)32-24-26-25-22(27(24)2)20-9-11-21(31-3)12-10-20/h4-12,18H,13-17H2,1-3H3/t18-/m1/s1. The van der Waals surface area contributed by atoms with E-state index in [1.54, 1.807) is 7.11 Å². The Bertz CT molecular complexity index is 1030. The number of hydrogen-bond acceptors (Lipinski definition) is 6. The smallest absolute Gasteiger partial charge is 0.235 e. The van der Waals surface area contributed by atoms with Gasteiger partial charge in [-0.15, -0.1) is 10.2 Å². The molecule has 7 nitrogen and oxygen atoms in total. The van der Waals surface area contributed by atoms with E-state index in [1.165, 1.54) is 17.3 Å². The molecular weight excluding hydrogens is 422 g/mol. The first-order valence-corrected chi connectivity index (χ1v) is 11.7. The Labute approximate surface area is 193 Å². The van der Waals surface area contributed by atoms with Gasteiger partial charge in [0.2, 0.25) is 5.91 Å². The summed E-state index contributed by atoms with van der Waals surface area (Å²) >= 11 is 1.46. The first-order valence-electron chi connectivity index (χ1n) is 10.8. The maximum absolute atomic E-state index is 13.0. The topological polar surface area (TPSA) is 63.5 Å². The first-order chi connectivity index (χ1) is 15.5. The Kier molecular flexibility index (Phi) is 7.12. The Hall–Kier alpha value is -2.84. The van der Waals surface area contributed by atoms with Crippen molar-refractivity contribution in [3.05, 3.63) is 60.2 Å². The van der Waals surface area contributed by atoms with Crippen LogP contribution in [0.1, 0.15) is 12.5 Å². The third-order valence-electron chi connectivity index (χ3n) is 5.75. The fourth-order valence-electron chi connectivity index (χ4n) is 3.84. The summed E-state index contributed by atoms with van der Waals surface area (Å²) in [6.45, 7) is 6.18. The molecule has 0 bridgehead atoms. The molecule has 168 valence electrons. The van der Waals surface area contributed by atoms with Crippen molar-refractivity contribution in [1.29, 1.82) is 0 Å². The van der Waals surface area contributed by atoms with Gasteiger partial charge in [-0.3, -0.25) is 9.69 Å². The highest BCUT2D eigenvalue weighted by Gasteiger charge is 2.27. The van der Waals surface area contributed by atoms with Gasteiger partial charge in [-0.25, -0.2) is 0 Å².